The van der Waals surface area contributed by atoms with Crippen LogP contribution in [0.15, 0.2) is 53.6 Å². The zero-order chi connectivity index (χ0) is 32.5. The summed E-state index contributed by atoms with van der Waals surface area (Å²) >= 11 is 0. The lowest BCUT2D eigenvalue weighted by atomic mass is 10.0. The molecule has 0 fully saturated rings. The SMILES string of the molecule is CC[C@@H](/C=N/NC(N)=O)NC(=O)[C@@H]1Cc2cccc3c2N1C(=O)[C@@H](NC(=O)[C@H](CC(=O)O)NC(=O)OCc1ccccc1)CC3. The summed E-state index contributed by atoms with van der Waals surface area (Å²) in [6.07, 6.45) is 0.794. The second-order valence-corrected chi connectivity index (χ2v) is 10.6. The Labute approximate surface area is 258 Å². The Morgan fingerprint density at radius 1 is 1.09 bits per heavy atom. The lowest BCUT2D eigenvalue weighted by Gasteiger charge is -2.29. The summed E-state index contributed by atoms with van der Waals surface area (Å²) in [7, 11) is 0. The molecule has 0 unspecified atom stereocenters. The molecule has 0 spiro atoms. The van der Waals surface area contributed by atoms with Gasteiger partial charge >= 0.3 is 18.1 Å². The third-order valence-electron chi connectivity index (χ3n) is 7.42. The molecule has 2 aliphatic heterocycles. The van der Waals surface area contributed by atoms with E-state index >= 15 is 0 Å². The van der Waals surface area contributed by atoms with E-state index in [0.29, 0.717) is 24.1 Å². The Morgan fingerprint density at radius 2 is 1.82 bits per heavy atom. The van der Waals surface area contributed by atoms with Gasteiger partial charge in [0.05, 0.1) is 18.2 Å². The van der Waals surface area contributed by atoms with Gasteiger partial charge in [0, 0.05) is 12.6 Å². The summed E-state index contributed by atoms with van der Waals surface area (Å²) in [4.78, 5) is 77.0. The third kappa shape index (κ3) is 8.34. The number of ether oxygens (including phenoxy) is 1. The predicted octanol–water partition coefficient (Wildman–Crippen LogP) is 0.694. The lowest BCUT2D eigenvalue weighted by Crippen LogP contribution is -2.58. The average molecular weight is 622 g/mol. The first-order valence-corrected chi connectivity index (χ1v) is 14.4. The van der Waals surface area contributed by atoms with Crippen molar-refractivity contribution in [1.29, 1.82) is 0 Å². The Bertz CT molecular complexity index is 1480. The summed E-state index contributed by atoms with van der Waals surface area (Å²) in [5.41, 5.74) is 9.99. The van der Waals surface area contributed by atoms with Gasteiger partial charge in [0.1, 0.15) is 24.7 Å². The number of nitrogens with zero attached hydrogens (tertiary/aromatic N) is 2. The maximum atomic E-state index is 14.0. The molecule has 2 aromatic carbocycles. The maximum Gasteiger partial charge on any atom is 0.408 e. The maximum absolute atomic E-state index is 14.0. The molecule has 0 saturated carbocycles. The van der Waals surface area contributed by atoms with Crippen LogP contribution in [0.5, 0.6) is 0 Å². The Morgan fingerprint density at radius 3 is 2.51 bits per heavy atom. The molecule has 15 heteroatoms. The van der Waals surface area contributed by atoms with Crippen molar-refractivity contribution in [3.63, 3.8) is 0 Å². The van der Waals surface area contributed by atoms with Gasteiger partial charge in [-0.2, -0.15) is 5.10 Å². The number of nitrogens with one attached hydrogen (secondary N) is 4. The molecule has 0 bridgehead atoms. The van der Waals surface area contributed by atoms with Gasteiger partial charge in [-0.1, -0.05) is 55.5 Å². The van der Waals surface area contributed by atoms with Crippen molar-refractivity contribution in [2.45, 2.75) is 69.8 Å². The number of hydrazone groups is 1. The van der Waals surface area contributed by atoms with E-state index in [1.165, 1.54) is 11.1 Å². The van der Waals surface area contributed by atoms with Crippen LogP contribution >= 0.6 is 0 Å². The number of nitrogens with two attached hydrogens (primary N) is 1. The number of anilines is 1. The number of carbonyl (C=O) groups excluding carboxylic acids is 5. The number of aliphatic carboxylic acids is 1. The minimum atomic E-state index is -1.53. The number of carboxylic acids is 1. The molecule has 2 aliphatic rings. The van der Waals surface area contributed by atoms with Crippen molar-refractivity contribution in [3.8, 4) is 0 Å². The smallest absolute Gasteiger partial charge is 0.408 e. The average Bonchev–Trinajstić information content (AvgIpc) is 3.35. The van der Waals surface area contributed by atoms with Crippen LogP contribution in [0, 0.1) is 0 Å². The standard InChI is InChI=1S/C30H35N7O8/c1-2-20(15-32-36-29(31)43)33-27(41)23-13-19-10-6-9-18-11-12-21(28(42)37(23)25(18)19)34-26(40)22(14-24(38)39)35-30(44)45-16-17-7-4-3-5-8-17/h3-10,15,20-23H,2,11-14,16H2,1H3,(H,33,41)(H,34,40)(H,35,44)(H,38,39)(H3,31,36,43)/b32-15+/t20-,21-,22-,23-/m0/s1. The van der Waals surface area contributed by atoms with Gasteiger partial charge in [0.15, 0.2) is 0 Å². The predicted molar refractivity (Wildman–Crippen MR) is 161 cm³/mol. The number of hydrogen-bond acceptors (Lipinski definition) is 8. The number of hydrogen-bond donors (Lipinski definition) is 6. The highest BCUT2D eigenvalue weighted by Crippen LogP contribution is 2.39. The molecule has 0 saturated heterocycles. The van der Waals surface area contributed by atoms with E-state index in [9.17, 15) is 33.9 Å². The highest BCUT2D eigenvalue weighted by atomic mass is 16.5. The molecular weight excluding hydrogens is 586 g/mol. The zero-order valence-corrected chi connectivity index (χ0v) is 24.5. The Hall–Kier alpha value is -5.47. The third-order valence-corrected chi connectivity index (χ3v) is 7.42. The number of benzene rings is 2. The molecule has 0 radical (unpaired) electrons. The molecule has 45 heavy (non-hydrogen) atoms. The number of carbonyl (C=O) groups is 6. The van der Waals surface area contributed by atoms with Crippen LogP contribution in [0.2, 0.25) is 0 Å². The van der Waals surface area contributed by atoms with E-state index in [-0.39, 0.29) is 19.4 Å². The molecule has 7 N–H and O–H groups in total. The van der Waals surface area contributed by atoms with Crippen molar-refractivity contribution in [2.75, 3.05) is 4.90 Å². The topological polar surface area (TPSA) is 222 Å². The molecule has 2 heterocycles. The van der Waals surface area contributed by atoms with Crippen LogP contribution in [-0.4, -0.2) is 71.3 Å². The fraction of sp³-hybridized carbons (Fsp3) is 0.367. The summed E-state index contributed by atoms with van der Waals surface area (Å²) in [6.45, 7) is 1.70. The Balaban J connectivity index is 1.48. The summed E-state index contributed by atoms with van der Waals surface area (Å²) < 4.78 is 5.14. The first-order chi connectivity index (χ1) is 21.6. The largest absolute Gasteiger partial charge is 0.481 e. The highest BCUT2D eigenvalue weighted by molar-refractivity contribution is 6.08. The number of rotatable bonds is 12. The molecular formula is C30H35N7O8. The van der Waals surface area contributed by atoms with Gasteiger partial charge in [-0.3, -0.25) is 24.1 Å². The molecule has 6 amide bonds. The second-order valence-electron chi connectivity index (χ2n) is 10.6. The fourth-order valence-corrected chi connectivity index (χ4v) is 5.25. The fourth-order valence-electron chi connectivity index (χ4n) is 5.25. The van der Waals surface area contributed by atoms with E-state index in [1.54, 1.807) is 37.3 Å². The number of para-hydroxylation sites is 1. The van der Waals surface area contributed by atoms with E-state index < -0.39 is 66.4 Å². The van der Waals surface area contributed by atoms with Crippen molar-refractivity contribution in [2.24, 2.45) is 10.8 Å². The van der Waals surface area contributed by atoms with Crippen molar-refractivity contribution in [3.05, 3.63) is 65.2 Å². The number of carboxylic acid groups (broad SMARTS) is 1. The minimum Gasteiger partial charge on any atom is -0.481 e. The van der Waals surface area contributed by atoms with Gasteiger partial charge < -0.3 is 31.5 Å². The quantitative estimate of drug-likeness (QED) is 0.146. The number of urea groups is 1. The van der Waals surface area contributed by atoms with Gasteiger partial charge in [0.2, 0.25) is 17.7 Å². The van der Waals surface area contributed by atoms with Crippen LogP contribution in [0.4, 0.5) is 15.3 Å². The summed E-state index contributed by atoms with van der Waals surface area (Å²) in [5, 5.41) is 20.8. The van der Waals surface area contributed by atoms with Gasteiger partial charge in [0.25, 0.3) is 0 Å². The molecule has 0 aliphatic carbocycles. The van der Waals surface area contributed by atoms with E-state index in [2.05, 4.69) is 26.5 Å². The minimum absolute atomic E-state index is 0.0966. The van der Waals surface area contributed by atoms with Crippen LogP contribution < -0.4 is 32.0 Å². The first kappa shape index (κ1) is 32.4. The van der Waals surface area contributed by atoms with E-state index in [0.717, 1.165) is 11.1 Å². The van der Waals surface area contributed by atoms with E-state index in [4.69, 9.17) is 10.5 Å². The Kier molecular flexibility index (Phi) is 10.7. The number of amides is 6. The van der Waals surface area contributed by atoms with Crippen molar-refractivity contribution in [1.82, 2.24) is 21.4 Å². The van der Waals surface area contributed by atoms with Gasteiger partial charge in [-0.25, -0.2) is 15.0 Å². The van der Waals surface area contributed by atoms with Crippen LogP contribution in [0.25, 0.3) is 0 Å². The number of alkyl carbamates (subject to hydrolysis) is 1. The normalized spacial score (nSPS) is 18.2. The van der Waals surface area contributed by atoms with Crippen LogP contribution in [0.1, 0.15) is 42.9 Å². The monoisotopic (exact) mass is 621 g/mol. The van der Waals surface area contributed by atoms with Gasteiger partial charge in [-0.05, 0) is 36.0 Å². The van der Waals surface area contributed by atoms with Gasteiger partial charge in [-0.15, -0.1) is 0 Å². The second kappa shape index (κ2) is 14.8. The lowest BCUT2D eigenvalue weighted by molar-refractivity contribution is -0.140. The molecule has 2 aromatic rings. The number of aryl methyl sites for hydroxylation is 1. The van der Waals surface area contributed by atoms with Crippen LogP contribution in [-0.2, 0) is 43.4 Å². The highest BCUT2D eigenvalue weighted by Gasteiger charge is 2.44. The van der Waals surface area contributed by atoms with Crippen LogP contribution in [0.3, 0.4) is 0 Å². The molecule has 4 rings (SSSR count). The molecule has 0 aromatic heterocycles. The number of primary amides is 1. The summed E-state index contributed by atoms with van der Waals surface area (Å²) in [6, 6.07) is 9.27. The molecule has 238 valence electrons. The van der Waals surface area contributed by atoms with Crippen molar-refractivity contribution < 1.29 is 38.6 Å². The molecule has 4 atom stereocenters. The zero-order valence-electron chi connectivity index (χ0n) is 24.5. The summed E-state index contributed by atoms with van der Waals surface area (Å²) in [5.74, 6) is -3.26. The first-order valence-electron chi connectivity index (χ1n) is 14.4. The van der Waals surface area contributed by atoms with E-state index in [1.807, 2.05) is 18.2 Å². The molecule has 15 nitrogen and oxygen atoms in total. The van der Waals surface area contributed by atoms with Crippen molar-refractivity contribution >= 4 is 47.7 Å².